The van der Waals surface area contributed by atoms with Crippen LogP contribution in [0.5, 0.6) is 11.5 Å². The van der Waals surface area contributed by atoms with Crippen LogP contribution in [-0.2, 0) is 16.5 Å². The van der Waals surface area contributed by atoms with E-state index in [2.05, 4.69) is 0 Å². The average Bonchev–Trinajstić information content (AvgIpc) is 2.40. The molecule has 0 fully saturated rings. The van der Waals surface area contributed by atoms with Gasteiger partial charge >= 0.3 is 0 Å². The van der Waals surface area contributed by atoms with Crippen LogP contribution in [0.15, 0.2) is 47.4 Å². The lowest BCUT2D eigenvalue weighted by Crippen LogP contribution is -2.00. The molecule has 2 rings (SSSR count). The maximum Gasteiger partial charge on any atom is 0.294 e. The van der Waals surface area contributed by atoms with E-state index in [4.69, 9.17) is 9.29 Å². The first-order valence-corrected chi connectivity index (χ1v) is 7.26. The van der Waals surface area contributed by atoms with Gasteiger partial charge in [-0.3, -0.25) is 4.55 Å². The van der Waals surface area contributed by atoms with Gasteiger partial charge in [-0.25, -0.2) is 0 Å². The van der Waals surface area contributed by atoms with Crippen molar-refractivity contribution in [3.8, 4) is 11.5 Å². The highest BCUT2D eigenvalue weighted by molar-refractivity contribution is 7.85. The maximum atomic E-state index is 11.1. The summed E-state index contributed by atoms with van der Waals surface area (Å²) in [6, 6.07) is 10.8. The summed E-state index contributed by atoms with van der Waals surface area (Å²) in [7, 11) is -2.72. The minimum atomic E-state index is -4.21. The van der Waals surface area contributed by atoms with Gasteiger partial charge in [-0.2, -0.15) is 8.42 Å². The van der Waals surface area contributed by atoms with E-state index in [0.29, 0.717) is 17.7 Å². The van der Waals surface area contributed by atoms with E-state index in [1.54, 1.807) is 18.2 Å². The van der Waals surface area contributed by atoms with Crippen LogP contribution in [0.1, 0.15) is 11.1 Å². The van der Waals surface area contributed by atoms with Gasteiger partial charge in [-0.15, -0.1) is 0 Å². The molecule has 0 saturated carbocycles. The SMILES string of the molecule is COc1cc(O)ccc1Cc1cccc(S(=O)(=O)O)c1. The molecule has 0 saturated heterocycles. The number of hydrogen-bond acceptors (Lipinski definition) is 4. The van der Waals surface area contributed by atoms with Gasteiger partial charge in [0.1, 0.15) is 11.5 Å². The lowest BCUT2D eigenvalue weighted by atomic mass is 10.0. The predicted octanol–water partition coefficient (Wildman–Crippen LogP) is 2.24. The first kappa shape index (κ1) is 14.4. The molecule has 20 heavy (non-hydrogen) atoms. The van der Waals surface area contributed by atoms with Gasteiger partial charge in [-0.05, 0) is 29.3 Å². The molecule has 0 radical (unpaired) electrons. The fraction of sp³-hybridized carbons (Fsp3) is 0.143. The maximum absolute atomic E-state index is 11.1. The molecule has 6 heteroatoms. The Balaban J connectivity index is 2.36. The monoisotopic (exact) mass is 294 g/mol. The molecule has 0 heterocycles. The van der Waals surface area contributed by atoms with Crippen molar-refractivity contribution in [3.63, 3.8) is 0 Å². The smallest absolute Gasteiger partial charge is 0.294 e. The molecule has 5 nitrogen and oxygen atoms in total. The van der Waals surface area contributed by atoms with Crippen molar-refractivity contribution in [2.45, 2.75) is 11.3 Å². The molecule has 0 bridgehead atoms. The van der Waals surface area contributed by atoms with Gasteiger partial charge in [0.2, 0.25) is 0 Å². The second kappa shape index (κ2) is 5.52. The molecule has 0 atom stereocenters. The zero-order valence-electron chi connectivity index (χ0n) is 10.8. The predicted molar refractivity (Wildman–Crippen MR) is 73.7 cm³/mol. The highest BCUT2D eigenvalue weighted by Crippen LogP contribution is 2.26. The Bertz CT molecular complexity index is 722. The Morgan fingerprint density at radius 3 is 2.55 bits per heavy atom. The normalized spacial score (nSPS) is 11.3. The summed E-state index contributed by atoms with van der Waals surface area (Å²) in [5.74, 6) is 0.611. The molecule has 0 amide bonds. The number of hydrogen-bond donors (Lipinski definition) is 2. The summed E-state index contributed by atoms with van der Waals surface area (Å²) < 4.78 is 36.4. The summed E-state index contributed by atoms with van der Waals surface area (Å²) in [4.78, 5) is -0.146. The molecule has 0 unspecified atom stereocenters. The van der Waals surface area contributed by atoms with Crippen molar-refractivity contribution in [2.24, 2.45) is 0 Å². The van der Waals surface area contributed by atoms with Gasteiger partial charge in [0.05, 0.1) is 12.0 Å². The van der Waals surface area contributed by atoms with Crippen molar-refractivity contribution in [2.75, 3.05) is 7.11 Å². The van der Waals surface area contributed by atoms with Crippen LogP contribution in [0.4, 0.5) is 0 Å². The zero-order valence-corrected chi connectivity index (χ0v) is 11.6. The minimum absolute atomic E-state index is 0.0947. The van der Waals surface area contributed by atoms with E-state index in [1.165, 1.54) is 31.4 Å². The van der Waals surface area contributed by atoms with Crippen LogP contribution in [0.2, 0.25) is 0 Å². The van der Waals surface area contributed by atoms with E-state index in [1.807, 2.05) is 0 Å². The number of methoxy groups -OCH3 is 1. The van der Waals surface area contributed by atoms with Crippen molar-refractivity contribution >= 4 is 10.1 Å². The van der Waals surface area contributed by atoms with Crippen molar-refractivity contribution in [1.29, 1.82) is 0 Å². The second-order valence-electron chi connectivity index (χ2n) is 4.30. The molecule has 0 aliphatic heterocycles. The molecule has 0 aliphatic rings. The molecule has 2 N–H and O–H groups in total. The third kappa shape index (κ3) is 3.28. The first-order valence-electron chi connectivity index (χ1n) is 5.82. The Hall–Kier alpha value is -2.05. The third-order valence-corrected chi connectivity index (χ3v) is 3.71. The van der Waals surface area contributed by atoms with E-state index >= 15 is 0 Å². The highest BCUT2D eigenvalue weighted by atomic mass is 32.2. The summed E-state index contributed by atoms with van der Waals surface area (Å²) in [5, 5.41) is 9.39. The largest absolute Gasteiger partial charge is 0.508 e. The molecule has 2 aromatic carbocycles. The van der Waals surface area contributed by atoms with E-state index in [9.17, 15) is 13.5 Å². The van der Waals surface area contributed by atoms with Crippen LogP contribution in [-0.4, -0.2) is 25.2 Å². The fourth-order valence-electron chi connectivity index (χ4n) is 1.92. The Labute approximate surface area is 117 Å². The Morgan fingerprint density at radius 2 is 1.90 bits per heavy atom. The molecular weight excluding hydrogens is 280 g/mol. The van der Waals surface area contributed by atoms with Gasteiger partial charge in [0, 0.05) is 12.5 Å². The molecular formula is C14H14O5S. The molecule has 2 aromatic rings. The number of phenolic OH excluding ortho intramolecular Hbond substituents is 1. The van der Waals surface area contributed by atoms with Crippen LogP contribution in [0.3, 0.4) is 0 Å². The van der Waals surface area contributed by atoms with E-state index < -0.39 is 10.1 Å². The first-order chi connectivity index (χ1) is 9.40. The topological polar surface area (TPSA) is 83.8 Å². The van der Waals surface area contributed by atoms with E-state index in [0.717, 1.165) is 5.56 Å². The van der Waals surface area contributed by atoms with Gasteiger partial charge < -0.3 is 9.84 Å². The molecule has 0 spiro atoms. The van der Waals surface area contributed by atoms with Crippen molar-refractivity contribution in [1.82, 2.24) is 0 Å². The second-order valence-corrected chi connectivity index (χ2v) is 5.72. The molecule has 0 aromatic heterocycles. The highest BCUT2D eigenvalue weighted by Gasteiger charge is 2.11. The van der Waals surface area contributed by atoms with Crippen LogP contribution in [0, 0.1) is 0 Å². The quantitative estimate of drug-likeness (QED) is 0.845. The fourth-order valence-corrected chi connectivity index (χ4v) is 2.47. The zero-order chi connectivity index (χ0) is 14.8. The number of phenols is 1. The Morgan fingerprint density at radius 1 is 1.15 bits per heavy atom. The minimum Gasteiger partial charge on any atom is -0.508 e. The summed E-state index contributed by atoms with van der Waals surface area (Å²) >= 11 is 0. The van der Waals surface area contributed by atoms with Gasteiger partial charge in [0.15, 0.2) is 0 Å². The van der Waals surface area contributed by atoms with Crippen LogP contribution < -0.4 is 4.74 Å². The Kier molecular flexibility index (Phi) is 3.96. The van der Waals surface area contributed by atoms with Crippen molar-refractivity contribution < 1.29 is 22.8 Å². The number of ether oxygens (including phenoxy) is 1. The number of benzene rings is 2. The van der Waals surface area contributed by atoms with E-state index in [-0.39, 0.29) is 10.6 Å². The molecule has 0 aliphatic carbocycles. The lowest BCUT2D eigenvalue weighted by molar-refractivity contribution is 0.403. The summed E-state index contributed by atoms with van der Waals surface area (Å²) in [6.45, 7) is 0. The third-order valence-electron chi connectivity index (χ3n) is 2.86. The van der Waals surface area contributed by atoms with Crippen molar-refractivity contribution in [3.05, 3.63) is 53.6 Å². The van der Waals surface area contributed by atoms with Crippen LogP contribution in [0.25, 0.3) is 0 Å². The van der Waals surface area contributed by atoms with Crippen LogP contribution >= 0.6 is 0 Å². The summed E-state index contributed by atoms with van der Waals surface area (Å²) in [5.41, 5.74) is 1.52. The van der Waals surface area contributed by atoms with Gasteiger partial charge in [0.25, 0.3) is 10.1 Å². The average molecular weight is 294 g/mol. The standard InChI is InChI=1S/C14H14O5S/c1-19-14-9-12(15)6-5-11(14)7-10-3-2-4-13(8-10)20(16,17)18/h2-6,8-9,15H,7H2,1H3,(H,16,17,18). The number of rotatable bonds is 4. The number of aromatic hydroxyl groups is 1. The summed E-state index contributed by atoms with van der Waals surface area (Å²) in [6.07, 6.45) is 0.423. The van der Waals surface area contributed by atoms with Gasteiger partial charge in [-0.1, -0.05) is 18.2 Å². The lowest BCUT2D eigenvalue weighted by Gasteiger charge is -2.09. The molecule has 106 valence electrons.